The van der Waals surface area contributed by atoms with E-state index >= 15 is 0 Å². The minimum atomic E-state index is -0.282. The van der Waals surface area contributed by atoms with Gasteiger partial charge >= 0.3 is 0 Å². The molecule has 0 radical (unpaired) electrons. The number of carbonyl (C=O) groups is 1. The molecule has 0 spiro atoms. The lowest BCUT2D eigenvalue weighted by molar-refractivity contribution is -0.117. The summed E-state index contributed by atoms with van der Waals surface area (Å²) in [5.41, 5.74) is 0.534. The van der Waals surface area contributed by atoms with Gasteiger partial charge in [-0.2, -0.15) is 0 Å². The van der Waals surface area contributed by atoms with Crippen molar-refractivity contribution < 1.29 is 4.79 Å². The molecule has 2 atom stereocenters. The Kier molecular flexibility index (Phi) is 5.93. The van der Waals surface area contributed by atoms with Crippen molar-refractivity contribution in [1.29, 1.82) is 0 Å². The SMILES string of the molecule is CC[C@H](C)N[C@@H](C)C(=O)Nc1cc(Cl)ccc1Cl. The zero-order valence-electron chi connectivity index (χ0n) is 10.8. The van der Waals surface area contributed by atoms with Crippen LogP contribution in [0.1, 0.15) is 27.2 Å². The first-order valence-electron chi connectivity index (χ1n) is 5.96. The van der Waals surface area contributed by atoms with Gasteiger partial charge in [-0.05, 0) is 38.5 Å². The molecule has 0 aliphatic rings. The predicted molar refractivity (Wildman–Crippen MR) is 77.4 cm³/mol. The van der Waals surface area contributed by atoms with E-state index in [4.69, 9.17) is 23.2 Å². The maximum atomic E-state index is 12.0. The van der Waals surface area contributed by atoms with Crippen LogP contribution in [0.15, 0.2) is 18.2 Å². The van der Waals surface area contributed by atoms with Crippen molar-refractivity contribution in [3.05, 3.63) is 28.2 Å². The standard InChI is InChI=1S/C13H18Cl2N2O/c1-4-8(2)16-9(3)13(18)17-12-7-10(14)5-6-11(12)15/h5-9,16H,4H2,1-3H3,(H,17,18)/t8-,9-/m0/s1. The van der Waals surface area contributed by atoms with Crippen molar-refractivity contribution in [2.45, 2.75) is 39.3 Å². The highest BCUT2D eigenvalue weighted by molar-refractivity contribution is 6.35. The quantitative estimate of drug-likeness (QED) is 0.867. The number of hydrogen-bond acceptors (Lipinski definition) is 2. The first-order chi connectivity index (χ1) is 8.43. The van der Waals surface area contributed by atoms with Crippen LogP contribution in [0.5, 0.6) is 0 Å². The van der Waals surface area contributed by atoms with Gasteiger partial charge in [0.2, 0.25) is 5.91 Å². The monoisotopic (exact) mass is 288 g/mol. The largest absolute Gasteiger partial charge is 0.323 e. The summed E-state index contributed by atoms with van der Waals surface area (Å²) in [6, 6.07) is 4.99. The maximum absolute atomic E-state index is 12.0. The molecule has 1 amide bonds. The maximum Gasteiger partial charge on any atom is 0.241 e. The average Bonchev–Trinajstić information content (AvgIpc) is 2.33. The number of nitrogens with one attached hydrogen (secondary N) is 2. The van der Waals surface area contributed by atoms with Gasteiger partial charge in [-0.3, -0.25) is 4.79 Å². The second-order valence-electron chi connectivity index (χ2n) is 4.31. The van der Waals surface area contributed by atoms with Gasteiger partial charge in [0, 0.05) is 11.1 Å². The average molecular weight is 289 g/mol. The molecule has 2 N–H and O–H groups in total. The molecule has 0 bridgehead atoms. The van der Waals surface area contributed by atoms with E-state index in [1.807, 2.05) is 13.8 Å². The van der Waals surface area contributed by atoms with Crippen LogP contribution in [0.3, 0.4) is 0 Å². The molecule has 0 heterocycles. The Balaban J connectivity index is 2.66. The molecular weight excluding hydrogens is 271 g/mol. The summed E-state index contributed by atoms with van der Waals surface area (Å²) in [6.07, 6.45) is 0.968. The summed E-state index contributed by atoms with van der Waals surface area (Å²) in [5, 5.41) is 6.97. The lowest BCUT2D eigenvalue weighted by atomic mass is 10.2. The van der Waals surface area contributed by atoms with Crippen molar-refractivity contribution in [3.63, 3.8) is 0 Å². The van der Waals surface area contributed by atoms with Crippen LogP contribution in [0.4, 0.5) is 5.69 Å². The van der Waals surface area contributed by atoms with Crippen LogP contribution in [0.2, 0.25) is 10.0 Å². The van der Waals surface area contributed by atoms with Crippen LogP contribution in [0, 0.1) is 0 Å². The van der Waals surface area contributed by atoms with Gasteiger partial charge < -0.3 is 10.6 Å². The molecule has 3 nitrogen and oxygen atoms in total. The summed E-state index contributed by atoms with van der Waals surface area (Å²) in [7, 11) is 0. The minimum absolute atomic E-state index is 0.125. The van der Waals surface area contributed by atoms with E-state index in [0.717, 1.165) is 6.42 Å². The molecule has 1 aromatic rings. The number of carbonyl (C=O) groups excluding carboxylic acids is 1. The van der Waals surface area contributed by atoms with E-state index in [9.17, 15) is 4.79 Å². The second-order valence-corrected chi connectivity index (χ2v) is 5.15. The molecule has 1 aromatic carbocycles. The van der Waals surface area contributed by atoms with Gasteiger partial charge in [0.15, 0.2) is 0 Å². The highest BCUT2D eigenvalue weighted by atomic mass is 35.5. The topological polar surface area (TPSA) is 41.1 Å². The van der Waals surface area contributed by atoms with Gasteiger partial charge in [-0.15, -0.1) is 0 Å². The van der Waals surface area contributed by atoms with E-state index in [1.165, 1.54) is 0 Å². The lowest BCUT2D eigenvalue weighted by Gasteiger charge is -2.18. The smallest absolute Gasteiger partial charge is 0.241 e. The number of benzene rings is 1. The first-order valence-corrected chi connectivity index (χ1v) is 6.71. The normalized spacial score (nSPS) is 14.1. The van der Waals surface area contributed by atoms with E-state index in [2.05, 4.69) is 17.6 Å². The summed E-state index contributed by atoms with van der Waals surface area (Å²) < 4.78 is 0. The molecule has 0 aliphatic carbocycles. The zero-order valence-corrected chi connectivity index (χ0v) is 12.3. The number of halogens is 2. The van der Waals surface area contributed by atoms with Gasteiger partial charge in [-0.25, -0.2) is 0 Å². The fourth-order valence-electron chi connectivity index (χ4n) is 1.45. The van der Waals surface area contributed by atoms with Crippen LogP contribution < -0.4 is 10.6 Å². The highest BCUT2D eigenvalue weighted by Crippen LogP contribution is 2.25. The molecule has 0 aliphatic heterocycles. The van der Waals surface area contributed by atoms with Crippen molar-refractivity contribution >= 4 is 34.8 Å². The predicted octanol–water partition coefficient (Wildman–Crippen LogP) is 3.71. The third-order valence-corrected chi connectivity index (χ3v) is 3.29. The summed E-state index contributed by atoms with van der Waals surface area (Å²) in [4.78, 5) is 12.0. The molecule has 0 saturated carbocycles. The van der Waals surface area contributed by atoms with Gasteiger partial charge in [0.05, 0.1) is 16.8 Å². The molecular formula is C13H18Cl2N2O. The molecule has 5 heteroatoms. The van der Waals surface area contributed by atoms with Gasteiger partial charge in [0.25, 0.3) is 0 Å². The Morgan fingerprint density at radius 3 is 2.61 bits per heavy atom. The third-order valence-electron chi connectivity index (χ3n) is 2.73. The highest BCUT2D eigenvalue weighted by Gasteiger charge is 2.15. The van der Waals surface area contributed by atoms with Crippen molar-refractivity contribution in [2.24, 2.45) is 0 Å². The summed E-state index contributed by atoms with van der Waals surface area (Å²) in [5.74, 6) is -0.125. The number of rotatable bonds is 5. The van der Waals surface area contributed by atoms with Crippen molar-refractivity contribution in [1.82, 2.24) is 5.32 Å². The van der Waals surface area contributed by atoms with Crippen LogP contribution >= 0.6 is 23.2 Å². The Labute approximate surface area is 118 Å². The van der Waals surface area contributed by atoms with Gasteiger partial charge in [-0.1, -0.05) is 30.1 Å². The number of anilines is 1. The van der Waals surface area contributed by atoms with Crippen molar-refractivity contribution in [3.8, 4) is 0 Å². The Morgan fingerprint density at radius 1 is 1.33 bits per heavy atom. The fraction of sp³-hybridized carbons (Fsp3) is 0.462. The number of amides is 1. The van der Waals surface area contributed by atoms with E-state index in [1.54, 1.807) is 18.2 Å². The van der Waals surface area contributed by atoms with Crippen LogP contribution in [-0.2, 0) is 4.79 Å². The first kappa shape index (κ1) is 15.3. The van der Waals surface area contributed by atoms with E-state index in [0.29, 0.717) is 21.8 Å². The van der Waals surface area contributed by atoms with Crippen LogP contribution in [0.25, 0.3) is 0 Å². The molecule has 0 aromatic heterocycles. The fourth-order valence-corrected chi connectivity index (χ4v) is 1.79. The van der Waals surface area contributed by atoms with E-state index < -0.39 is 0 Å². The van der Waals surface area contributed by atoms with E-state index in [-0.39, 0.29) is 11.9 Å². The minimum Gasteiger partial charge on any atom is -0.323 e. The van der Waals surface area contributed by atoms with Crippen molar-refractivity contribution in [2.75, 3.05) is 5.32 Å². The summed E-state index contributed by atoms with van der Waals surface area (Å²) >= 11 is 11.8. The molecule has 100 valence electrons. The molecule has 0 saturated heterocycles. The Hall–Kier alpha value is -0.770. The zero-order chi connectivity index (χ0) is 13.7. The molecule has 0 fully saturated rings. The van der Waals surface area contributed by atoms with Gasteiger partial charge in [0.1, 0.15) is 0 Å². The lowest BCUT2D eigenvalue weighted by Crippen LogP contribution is -2.42. The second kappa shape index (κ2) is 6.98. The van der Waals surface area contributed by atoms with Crippen LogP contribution in [-0.4, -0.2) is 18.0 Å². The Morgan fingerprint density at radius 2 is 2.00 bits per heavy atom. The third kappa shape index (κ3) is 4.48. The summed E-state index contributed by atoms with van der Waals surface area (Å²) in [6.45, 7) is 5.92. The number of hydrogen-bond donors (Lipinski definition) is 2. The molecule has 0 unspecified atom stereocenters. The molecule has 18 heavy (non-hydrogen) atoms. The Bertz CT molecular complexity index is 423. The molecule has 1 rings (SSSR count).